The van der Waals surface area contributed by atoms with E-state index >= 15 is 0 Å². The number of carbonyl (C=O) groups excluding carboxylic acids is 3. The molecule has 0 spiro atoms. The number of methoxy groups -OCH3 is 1. The standard InChI is InChI=1S/C38H31N3O7S/c1-46-33-22-29(42)17-15-26(33)19-31(41-36(43)25-11-6-3-7-12-25)37(44)39-27-13-8-14-30(20-27)49-35(24-9-4-2-5-10-24)38(45)40-28-16-18-32-34(21-28)48-23-47-32/h2-22,35,42H,23H2,1H3,(H,39,44)(H,40,45)(H,41,43)/b31-19+. The van der Waals surface area contributed by atoms with Gasteiger partial charge in [-0.1, -0.05) is 54.6 Å². The number of ether oxygens (including phenoxy) is 3. The number of hydrogen-bond acceptors (Lipinski definition) is 8. The number of benzene rings is 5. The van der Waals surface area contributed by atoms with Gasteiger partial charge in [0, 0.05) is 39.5 Å². The van der Waals surface area contributed by atoms with Gasteiger partial charge in [0.25, 0.3) is 11.8 Å². The predicted octanol–water partition coefficient (Wildman–Crippen LogP) is 7.01. The third kappa shape index (κ3) is 8.21. The van der Waals surface area contributed by atoms with Crippen LogP contribution >= 0.6 is 11.8 Å². The van der Waals surface area contributed by atoms with Gasteiger partial charge in [-0.3, -0.25) is 14.4 Å². The lowest BCUT2D eigenvalue weighted by Crippen LogP contribution is -2.30. The van der Waals surface area contributed by atoms with Crippen LogP contribution in [0, 0.1) is 0 Å². The van der Waals surface area contributed by atoms with Gasteiger partial charge < -0.3 is 35.3 Å². The molecule has 5 aromatic rings. The molecule has 0 saturated carbocycles. The van der Waals surface area contributed by atoms with Crippen LogP contribution in [0.4, 0.5) is 11.4 Å². The Bertz CT molecular complexity index is 2020. The van der Waals surface area contributed by atoms with E-state index in [0.29, 0.717) is 44.6 Å². The molecular formula is C38H31N3O7S. The highest BCUT2D eigenvalue weighted by Gasteiger charge is 2.24. The summed E-state index contributed by atoms with van der Waals surface area (Å²) in [6, 6.07) is 34.6. The Morgan fingerprint density at radius 3 is 2.31 bits per heavy atom. The maximum atomic E-state index is 13.7. The Labute approximate surface area is 286 Å². The number of thioether (sulfide) groups is 1. The van der Waals surface area contributed by atoms with E-state index in [1.54, 1.807) is 72.8 Å². The summed E-state index contributed by atoms with van der Waals surface area (Å²) in [5.41, 5.74) is 2.57. The fraction of sp³-hybridized carbons (Fsp3) is 0.0789. The van der Waals surface area contributed by atoms with Crippen molar-refractivity contribution >= 4 is 46.9 Å². The van der Waals surface area contributed by atoms with Crippen LogP contribution in [0.5, 0.6) is 23.0 Å². The van der Waals surface area contributed by atoms with E-state index in [1.807, 2.05) is 36.4 Å². The molecule has 49 heavy (non-hydrogen) atoms. The van der Waals surface area contributed by atoms with Crippen molar-refractivity contribution in [2.45, 2.75) is 10.1 Å². The summed E-state index contributed by atoms with van der Waals surface area (Å²) in [6.07, 6.45) is 1.47. The van der Waals surface area contributed by atoms with E-state index in [9.17, 15) is 19.5 Å². The van der Waals surface area contributed by atoms with Gasteiger partial charge in [0.2, 0.25) is 12.7 Å². The van der Waals surface area contributed by atoms with Crippen LogP contribution in [0.2, 0.25) is 0 Å². The van der Waals surface area contributed by atoms with Crippen LogP contribution in [0.3, 0.4) is 0 Å². The van der Waals surface area contributed by atoms with Crippen molar-refractivity contribution < 1.29 is 33.7 Å². The maximum Gasteiger partial charge on any atom is 0.272 e. The van der Waals surface area contributed by atoms with Crippen LogP contribution in [-0.2, 0) is 9.59 Å². The van der Waals surface area contributed by atoms with Crippen molar-refractivity contribution in [3.63, 3.8) is 0 Å². The molecule has 1 unspecified atom stereocenters. The minimum Gasteiger partial charge on any atom is -0.508 e. The summed E-state index contributed by atoms with van der Waals surface area (Å²) < 4.78 is 16.2. The fourth-order valence-corrected chi connectivity index (χ4v) is 6.07. The zero-order chi connectivity index (χ0) is 34.2. The van der Waals surface area contributed by atoms with E-state index < -0.39 is 17.1 Å². The Morgan fingerprint density at radius 2 is 1.53 bits per heavy atom. The SMILES string of the molecule is COc1cc(O)ccc1/C=C(/NC(=O)c1ccccc1)C(=O)Nc1cccc(SC(C(=O)Nc2ccc3c(c2)OCO3)c2ccccc2)c1. The highest BCUT2D eigenvalue weighted by Crippen LogP contribution is 2.39. The zero-order valence-corrected chi connectivity index (χ0v) is 27.0. The summed E-state index contributed by atoms with van der Waals surface area (Å²) in [7, 11) is 1.44. The van der Waals surface area contributed by atoms with E-state index in [2.05, 4.69) is 16.0 Å². The molecule has 0 fully saturated rings. The number of rotatable bonds is 11. The van der Waals surface area contributed by atoms with E-state index in [-0.39, 0.29) is 24.1 Å². The van der Waals surface area contributed by atoms with Crippen LogP contribution in [0.1, 0.15) is 26.7 Å². The first-order chi connectivity index (χ1) is 23.9. The molecule has 3 amide bonds. The van der Waals surface area contributed by atoms with Crippen LogP contribution in [-0.4, -0.2) is 36.7 Å². The molecule has 4 N–H and O–H groups in total. The molecule has 11 heteroatoms. The Morgan fingerprint density at radius 1 is 0.796 bits per heavy atom. The molecule has 0 radical (unpaired) electrons. The lowest BCUT2D eigenvalue weighted by Gasteiger charge is -2.18. The number of aromatic hydroxyl groups is 1. The molecular weight excluding hydrogens is 642 g/mol. The second-order valence-electron chi connectivity index (χ2n) is 10.8. The van der Waals surface area contributed by atoms with Gasteiger partial charge in [0.15, 0.2) is 11.5 Å². The summed E-state index contributed by atoms with van der Waals surface area (Å²) >= 11 is 1.32. The molecule has 1 atom stereocenters. The Kier molecular flexibility index (Phi) is 10.1. The minimum atomic E-state index is -0.639. The monoisotopic (exact) mass is 673 g/mol. The molecule has 1 heterocycles. The van der Waals surface area contributed by atoms with Crippen molar-refractivity contribution in [1.29, 1.82) is 0 Å². The van der Waals surface area contributed by atoms with Crippen LogP contribution < -0.4 is 30.2 Å². The van der Waals surface area contributed by atoms with Crippen molar-refractivity contribution in [2.24, 2.45) is 0 Å². The van der Waals surface area contributed by atoms with Crippen molar-refractivity contribution in [1.82, 2.24) is 5.32 Å². The van der Waals surface area contributed by atoms with Gasteiger partial charge in [-0.2, -0.15) is 0 Å². The molecule has 0 aromatic heterocycles. The van der Waals surface area contributed by atoms with E-state index in [1.165, 1.54) is 37.1 Å². The highest BCUT2D eigenvalue weighted by molar-refractivity contribution is 8.00. The second kappa shape index (κ2) is 15.1. The first-order valence-corrected chi connectivity index (χ1v) is 16.0. The van der Waals surface area contributed by atoms with Gasteiger partial charge in [0.05, 0.1) is 7.11 Å². The first-order valence-electron chi connectivity index (χ1n) is 15.1. The predicted molar refractivity (Wildman–Crippen MR) is 188 cm³/mol. The van der Waals surface area contributed by atoms with E-state index in [0.717, 1.165) is 5.56 Å². The van der Waals surface area contributed by atoms with Gasteiger partial charge in [-0.05, 0) is 66.2 Å². The number of fused-ring (bicyclic) bond motifs is 1. The lowest BCUT2D eigenvalue weighted by molar-refractivity contribution is -0.116. The highest BCUT2D eigenvalue weighted by atomic mass is 32.2. The molecule has 246 valence electrons. The maximum absolute atomic E-state index is 13.7. The molecule has 6 rings (SSSR count). The summed E-state index contributed by atoms with van der Waals surface area (Å²) in [5.74, 6) is 0.142. The van der Waals surface area contributed by atoms with Gasteiger partial charge in [-0.15, -0.1) is 11.8 Å². The zero-order valence-electron chi connectivity index (χ0n) is 26.2. The molecule has 0 aliphatic carbocycles. The van der Waals surface area contributed by atoms with Gasteiger partial charge >= 0.3 is 0 Å². The number of amides is 3. The average Bonchev–Trinajstić information content (AvgIpc) is 3.60. The van der Waals surface area contributed by atoms with Crippen LogP contribution in [0.25, 0.3) is 6.08 Å². The summed E-state index contributed by atoms with van der Waals surface area (Å²) in [6.45, 7) is 0.129. The molecule has 1 aliphatic heterocycles. The molecule has 1 aliphatic rings. The number of phenols is 1. The molecule has 5 aromatic carbocycles. The van der Waals surface area contributed by atoms with Gasteiger partial charge in [-0.25, -0.2) is 0 Å². The Balaban J connectivity index is 1.24. The van der Waals surface area contributed by atoms with Crippen molar-refractivity contribution in [3.8, 4) is 23.0 Å². The van der Waals surface area contributed by atoms with Gasteiger partial charge in [0.1, 0.15) is 22.4 Å². The van der Waals surface area contributed by atoms with Crippen molar-refractivity contribution in [3.05, 3.63) is 144 Å². The molecule has 10 nitrogen and oxygen atoms in total. The Hall–Kier alpha value is -6.20. The number of nitrogens with one attached hydrogen (secondary N) is 3. The lowest BCUT2D eigenvalue weighted by atomic mass is 10.1. The minimum absolute atomic E-state index is 0.0129. The quantitative estimate of drug-likeness (QED) is 0.0869. The number of anilines is 2. The first kappa shape index (κ1) is 32.7. The molecule has 0 bridgehead atoms. The number of carbonyl (C=O) groups is 3. The second-order valence-corrected chi connectivity index (χ2v) is 11.9. The fourth-order valence-electron chi connectivity index (χ4n) is 4.98. The summed E-state index contributed by atoms with van der Waals surface area (Å²) in [5, 5.41) is 17.8. The van der Waals surface area contributed by atoms with Crippen molar-refractivity contribution in [2.75, 3.05) is 24.5 Å². The topological polar surface area (TPSA) is 135 Å². The number of hydrogen-bond donors (Lipinski definition) is 4. The van der Waals surface area contributed by atoms with Crippen LogP contribution in [0.15, 0.2) is 132 Å². The van der Waals surface area contributed by atoms with E-state index in [4.69, 9.17) is 14.2 Å². The largest absolute Gasteiger partial charge is 0.508 e. The smallest absolute Gasteiger partial charge is 0.272 e. The average molecular weight is 674 g/mol. The summed E-state index contributed by atoms with van der Waals surface area (Å²) in [4.78, 5) is 41.2. The number of phenolic OH excluding ortho intramolecular Hbond substituents is 1. The third-order valence-electron chi connectivity index (χ3n) is 7.37. The third-order valence-corrected chi connectivity index (χ3v) is 8.62. The normalized spacial score (nSPS) is 12.5. The molecule has 0 saturated heterocycles.